The van der Waals surface area contributed by atoms with Crippen LogP contribution in [0.3, 0.4) is 0 Å². The van der Waals surface area contributed by atoms with Gasteiger partial charge in [0, 0.05) is 35.5 Å². The fraction of sp³-hybridized carbons (Fsp3) is 0.263. The number of amides is 1. The number of carbonyl (C=O) groups is 1. The molecule has 0 aromatic carbocycles. The third-order valence-electron chi connectivity index (χ3n) is 4.84. The van der Waals surface area contributed by atoms with Crippen molar-refractivity contribution in [2.24, 2.45) is 11.8 Å². The van der Waals surface area contributed by atoms with Gasteiger partial charge in [-0.1, -0.05) is 6.92 Å². The molecule has 0 aliphatic heterocycles. The minimum atomic E-state index is -4.55. The van der Waals surface area contributed by atoms with Gasteiger partial charge in [0.25, 0.3) is 0 Å². The van der Waals surface area contributed by atoms with Crippen LogP contribution in [0.1, 0.15) is 18.9 Å². The average molecular weight is 387 g/mol. The van der Waals surface area contributed by atoms with Gasteiger partial charge in [-0.15, -0.1) is 0 Å². The molecule has 3 N–H and O–H groups in total. The van der Waals surface area contributed by atoms with Gasteiger partial charge in [0.15, 0.2) is 0 Å². The smallest absolute Gasteiger partial charge is 0.383 e. The van der Waals surface area contributed by atoms with E-state index in [1.165, 1.54) is 12.3 Å². The Balaban J connectivity index is 1.76. The summed E-state index contributed by atoms with van der Waals surface area (Å²) in [6.07, 6.45) is -0.0904. The first-order valence-corrected chi connectivity index (χ1v) is 8.63. The lowest BCUT2D eigenvalue weighted by molar-refractivity contribution is -0.137. The molecule has 0 radical (unpaired) electrons. The molecule has 3 aromatic heterocycles. The fourth-order valence-electron chi connectivity index (χ4n) is 3.13. The van der Waals surface area contributed by atoms with E-state index in [0.717, 1.165) is 24.9 Å². The molecule has 0 spiro atoms. The van der Waals surface area contributed by atoms with E-state index in [2.05, 4.69) is 20.3 Å². The van der Waals surface area contributed by atoms with Crippen LogP contribution in [0.4, 0.5) is 24.8 Å². The number of hydrogen-bond donors (Lipinski definition) is 2. The maximum atomic E-state index is 13.3. The van der Waals surface area contributed by atoms with Gasteiger partial charge in [-0.25, -0.2) is 9.97 Å². The van der Waals surface area contributed by atoms with Crippen LogP contribution in [0.5, 0.6) is 0 Å². The van der Waals surface area contributed by atoms with Gasteiger partial charge in [0.1, 0.15) is 11.6 Å². The van der Waals surface area contributed by atoms with Crippen molar-refractivity contribution in [1.29, 1.82) is 0 Å². The highest BCUT2D eigenvalue weighted by Crippen LogP contribution is 2.39. The van der Waals surface area contributed by atoms with Crippen LogP contribution in [0.25, 0.3) is 22.0 Å². The number of fused-ring (bicyclic) bond motifs is 1. The molecule has 3 heterocycles. The van der Waals surface area contributed by atoms with Crippen LogP contribution in [-0.2, 0) is 11.0 Å². The molecule has 9 heteroatoms. The summed E-state index contributed by atoms with van der Waals surface area (Å²) in [5.41, 5.74) is 4.97. The van der Waals surface area contributed by atoms with E-state index in [-0.39, 0.29) is 28.9 Å². The molecule has 1 amide bonds. The summed E-state index contributed by atoms with van der Waals surface area (Å²) in [4.78, 5) is 24.1. The van der Waals surface area contributed by atoms with Crippen LogP contribution < -0.4 is 11.1 Å². The SMILES string of the molecule is C[C@@H]1C[C@H]1C(=O)Nc1cc2cc(-c3cnccc3C(F)(F)F)nc(N)c2cn1. The zero-order valence-corrected chi connectivity index (χ0v) is 14.8. The molecule has 28 heavy (non-hydrogen) atoms. The third kappa shape index (κ3) is 3.35. The number of hydrogen-bond acceptors (Lipinski definition) is 5. The van der Waals surface area contributed by atoms with Gasteiger partial charge in [0.2, 0.25) is 5.91 Å². The highest BCUT2D eigenvalue weighted by atomic mass is 19.4. The summed E-state index contributed by atoms with van der Waals surface area (Å²) in [5.74, 6) is 0.563. The number of anilines is 2. The Kier molecular flexibility index (Phi) is 4.17. The first kappa shape index (κ1) is 18.1. The van der Waals surface area contributed by atoms with Gasteiger partial charge >= 0.3 is 6.18 Å². The number of nitrogens with two attached hydrogens (primary N) is 1. The molecule has 144 valence electrons. The lowest BCUT2D eigenvalue weighted by atomic mass is 10.0. The second-order valence-corrected chi connectivity index (χ2v) is 6.91. The number of halogens is 3. The number of nitrogens with one attached hydrogen (secondary N) is 1. The molecule has 1 aliphatic rings. The summed E-state index contributed by atoms with van der Waals surface area (Å²) in [5, 5.41) is 3.74. The van der Waals surface area contributed by atoms with Crippen LogP contribution in [0, 0.1) is 11.8 Å². The zero-order valence-electron chi connectivity index (χ0n) is 14.8. The quantitative estimate of drug-likeness (QED) is 0.711. The number of nitrogen functional groups attached to an aromatic ring is 1. The van der Waals surface area contributed by atoms with E-state index < -0.39 is 11.7 Å². The van der Waals surface area contributed by atoms with Gasteiger partial charge in [-0.2, -0.15) is 13.2 Å². The molecular formula is C19H16F3N5O. The first-order chi connectivity index (χ1) is 13.2. The van der Waals surface area contributed by atoms with Crippen molar-refractivity contribution in [2.75, 3.05) is 11.1 Å². The number of alkyl halides is 3. The fourth-order valence-corrected chi connectivity index (χ4v) is 3.13. The van der Waals surface area contributed by atoms with Crippen LogP contribution in [0.15, 0.2) is 36.8 Å². The number of nitrogens with zero attached hydrogens (tertiary/aromatic N) is 3. The molecule has 0 unspecified atom stereocenters. The maximum Gasteiger partial charge on any atom is 0.417 e. The third-order valence-corrected chi connectivity index (χ3v) is 4.84. The Morgan fingerprint density at radius 2 is 2.04 bits per heavy atom. The Morgan fingerprint density at radius 3 is 2.71 bits per heavy atom. The van der Waals surface area contributed by atoms with Crippen molar-refractivity contribution in [3.8, 4) is 11.3 Å². The van der Waals surface area contributed by atoms with Crippen molar-refractivity contribution < 1.29 is 18.0 Å². The number of carbonyl (C=O) groups excluding carboxylic acids is 1. The molecule has 1 saturated carbocycles. The van der Waals surface area contributed by atoms with E-state index in [1.807, 2.05) is 6.92 Å². The first-order valence-electron chi connectivity index (χ1n) is 8.63. The highest BCUT2D eigenvalue weighted by molar-refractivity contribution is 5.98. The van der Waals surface area contributed by atoms with Crippen molar-refractivity contribution in [2.45, 2.75) is 19.5 Å². The van der Waals surface area contributed by atoms with E-state index in [4.69, 9.17) is 5.73 Å². The predicted octanol–water partition coefficient (Wildman–Crippen LogP) is 3.89. The minimum Gasteiger partial charge on any atom is -0.383 e. The Hall–Kier alpha value is -3.23. The van der Waals surface area contributed by atoms with Crippen LogP contribution in [0.2, 0.25) is 0 Å². The molecule has 0 saturated heterocycles. The predicted molar refractivity (Wildman–Crippen MR) is 98.1 cm³/mol. The molecule has 4 rings (SSSR count). The Morgan fingerprint density at radius 1 is 1.29 bits per heavy atom. The lowest BCUT2D eigenvalue weighted by Crippen LogP contribution is -2.15. The average Bonchev–Trinajstić information content (AvgIpc) is 3.37. The van der Waals surface area contributed by atoms with E-state index >= 15 is 0 Å². The molecular weight excluding hydrogens is 371 g/mol. The van der Waals surface area contributed by atoms with Crippen molar-refractivity contribution in [3.05, 3.63) is 42.4 Å². The molecule has 0 bridgehead atoms. The Labute approximate surface area is 158 Å². The summed E-state index contributed by atoms with van der Waals surface area (Å²) in [6.45, 7) is 1.99. The lowest BCUT2D eigenvalue weighted by Gasteiger charge is -2.13. The Bertz CT molecular complexity index is 1080. The van der Waals surface area contributed by atoms with Crippen molar-refractivity contribution in [3.63, 3.8) is 0 Å². The second kappa shape index (κ2) is 6.43. The van der Waals surface area contributed by atoms with Crippen molar-refractivity contribution >= 4 is 28.3 Å². The van der Waals surface area contributed by atoms with Gasteiger partial charge < -0.3 is 11.1 Å². The van der Waals surface area contributed by atoms with Crippen LogP contribution in [-0.4, -0.2) is 20.9 Å². The number of aromatic nitrogens is 3. The maximum absolute atomic E-state index is 13.3. The van der Waals surface area contributed by atoms with Gasteiger partial charge in [-0.05, 0) is 35.9 Å². The van der Waals surface area contributed by atoms with Gasteiger partial charge in [-0.3, -0.25) is 9.78 Å². The topological polar surface area (TPSA) is 93.8 Å². The van der Waals surface area contributed by atoms with Crippen molar-refractivity contribution in [1.82, 2.24) is 15.0 Å². The standard InChI is InChI=1S/C19H16F3N5O/c1-9-4-11(9)18(28)27-16-6-10-5-15(26-17(23)12(10)8-25-16)13-7-24-3-2-14(13)19(20,21)22/h2-3,5-9,11H,4H2,1H3,(H2,23,26)(H,25,27,28)/t9-,11-/m1/s1. The summed E-state index contributed by atoms with van der Waals surface area (Å²) in [6, 6.07) is 3.95. The van der Waals surface area contributed by atoms with E-state index in [0.29, 0.717) is 22.5 Å². The minimum absolute atomic E-state index is 0.0275. The zero-order chi connectivity index (χ0) is 20.1. The molecule has 1 aliphatic carbocycles. The monoisotopic (exact) mass is 387 g/mol. The second-order valence-electron chi connectivity index (χ2n) is 6.91. The number of pyridine rings is 3. The molecule has 3 aromatic rings. The summed E-state index contributed by atoms with van der Waals surface area (Å²) in [7, 11) is 0. The van der Waals surface area contributed by atoms with Crippen LogP contribution >= 0.6 is 0 Å². The molecule has 1 fully saturated rings. The summed E-state index contributed by atoms with van der Waals surface area (Å²) >= 11 is 0. The van der Waals surface area contributed by atoms with E-state index in [9.17, 15) is 18.0 Å². The number of rotatable bonds is 3. The highest BCUT2D eigenvalue weighted by Gasteiger charge is 2.39. The van der Waals surface area contributed by atoms with E-state index in [1.54, 1.807) is 6.07 Å². The largest absolute Gasteiger partial charge is 0.417 e. The molecule has 2 atom stereocenters. The normalized spacial score (nSPS) is 18.9. The van der Waals surface area contributed by atoms with Gasteiger partial charge in [0.05, 0.1) is 11.3 Å². The molecule has 6 nitrogen and oxygen atoms in total. The summed E-state index contributed by atoms with van der Waals surface area (Å²) < 4.78 is 40.0.